The van der Waals surface area contributed by atoms with Crippen LogP contribution in [0.15, 0.2) is 23.1 Å². The molecule has 4 rings (SSSR count). The molecule has 1 aromatic carbocycles. The molecule has 3 nitrogen and oxygen atoms in total. The Kier molecular flexibility index (Phi) is 4.49. The summed E-state index contributed by atoms with van der Waals surface area (Å²) in [7, 11) is 0. The zero-order valence-electron chi connectivity index (χ0n) is 13.4. The molecule has 0 fully saturated rings. The van der Waals surface area contributed by atoms with Crippen molar-refractivity contribution in [1.82, 2.24) is 4.98 Å². The Morgan fingerprint density at radius 1 is 1.21 bits per heavy atom. The van der Waals surface area contributed by atoms with Crippen LogP contribution in [0.4, 0.5) is 10.1 Å². The maximum atomic E-state index is 9.65. The van der Waals surface area contributed by atoms with Gasteiger partial charge in [0.05, 0.1) is 15.8 Å². The standard InChI is InChI=1S/C18H17N3S3/c1-22-14-8-5-9-15-16(14)20-18(24-15)21-17-12(10-19)11-6-3-2-4-7-13(11)23-17/h5,8-9H,2-4,6-7H2,1H3,(H,20,21). The van der Waals surface area contributed by atoms with Gasteiger partial charge in [0.25, 0.3) is 0 Å². The van der Waals surface area contributed by atoms with Gasteiger partial charge in [0.1, 0.15) is 11.1 Å². The van der Waals surface area contributed by atoms with Crippen molar-refractivity contribution in [2.45, 2.75) is 37.0 Å². The minimum Gasteiger partial charge on any atom is -0.322 e. The van der Waals surface area contributed by atoms with Gasteiger partial charge in [-0.05, 0) is 49.6 Å². The summed E-state index contributed by atoms with van der Waals surface area (Å²) in [4.78, 5) is 7.34. The molecule has 1 N–H and O–H groups in total. The molecular formula is C18H17N3S3. The largest absolute Gasteiger partial charge is 0.322 e. The maximum absolute atomic E-state index is 9.65. The number of aromatic nitrogens is 1. The third-order valence-electron chi connectivity index (χ3n) is 4.36. The first-order chi connectivity index (χ1) is 11.8. The van der Waals surface area contributed by atoms with Crippen molar-refractivity contribution in [3.05, 3.63) is 34.2 Å². The molecule has 122 valence electrons. The Morgan fingerprint density at radius 3 is 2.92 bits per heavy atom. The van der Waals surface area contributed by atoms with E-state index in [4.69, 9.17) is 4.98 Å². The number of benzene rings is 1. The number of nitriles is 1. The smallest absolute Gasteiger partial charge is 0.188 e. The second-order valence-electron chi connectivity index (χ2n) is 5.83. The van der Waals surface area contributed by atoms with Crippen molar-refractivity contribution in [2.75, 3.05) is 11.6 Å². The molecule has 0 aliphatic heterocycles. The van der Waals surface area contributed by atoms with E-state index in [0.29, 0.717) is 0 Å². The van der Waals surface area contributed by atoms with Crippen molar-refractivity contribution in [3.63, 3.8) is 0 Å². The maximum Gasteiger partial charge on any atom is 0.188 e. The minimum atomic E-state index is 0.834. The Bertz CT molecular complexity index is 933. The number of aryl methyl sites for hydroxylation is 1. The summed E-state index contributed by atoms with van der Waals surface area (Å²) < 4.78 is 1.18. The number of hydrogen-bond acceptors (Lipinski definition) is 6. The predicted molar refractivity (Wildman–Crippen MR) is 105 cm³/mol. The first-order valence-corrected chi connectivity index (χ1v) is 10.9. The highest BCUT2D eigenvalue weighted by Gasteiger charge is 2.20. The van der Waals surface area contributed by atoms with Crippen molar-refractivity contribution in [3.8, 4) is 6.07 Å². The lowest BCUT2D eigenvalue weighted by Gasteiger charge is -2.00. The normalized spacial score (nSPS) is 14.2. The van der Waals surface area contributed by atoms with Crippen LogP contribution in [0.1, 0.15) is 35.3 Å². The molecule has 0 saturated carbocycles. The molecule has 0 saturated heterocycles. The van der Waals surface area contributed by atoms with Gasteiger partial charge < -0.3 is 5.32 Å². The van der Waals surface area contributed by atoms with E-state index in [-0.39, 0.29) is 0 Å². The lowest BCUT2D eigenvalue weighted by Crippen LogP contribution is -1.92. The molecule has 2 heterocycles. The van der Waals surface area contributed by atoms with Crippen LogP contribution < -0.4 is 5.32 Å². The number of thiazole rings is 1. The van der Waals surface area contributed by atoms with Gasteiger partial charge in [-0.15, -0.1) is 23.1 Å². The van der Waals surface area contributed by atoms with E-state index < -0.39 is 0 Å². The summed E-state index contributed by atoms with van der Waals surface area (Å²) in [6.45, 7) is 0. The summed E-state index contributed by atoms with van der Waals surface area (Å²) in [6, 6.07) is 8.71. The van der Waals surface area contributed by atoms with Crippen molar-refractivity contribution in [1.29, 1.82) is 5.26 Å². The lowest BCUT2D eigenvalue weighted by molar-refractivity contribution is 0.712. The van der Waals surface area contributed by atoms with E-state index in [1.807, 2.05) is 0 Å². The average molecular weight is 372 g/mol. The van der Waals surface area contributed by atoms with Crippen molar-refractivity contribution >= 4 is 54.8 Å². The number of nitrogens with zero attached hydrogens (tertiary/aromatic N) is 2. The van der Waals surface area contributed by atoms with E-state index in [1.54, 1.807) is 34.4 Å². The average Bonchev–Trinajstić information content (AvgIpc) is 3.07. The highest BCUT2D eigenvalue weighted by Crippen LogP contribution is 2.40. The summed E-state index contributed by atoms with van der Waals surface area (Å²) in [5.41, 5.74) is 3.16. The van der Waals surface area contributed by atoms with Gasteiger partial charge in [-0.1, -0.05) is 23.8 Å². The number of thioether (sulfide) groups is 1. The fourth-order valence-corrected chi connectivity index (χ4v) is 6.02. The number of rotatable bonds is 3. The van der Waals surface area contributed by atoms with Crippen LogP contribution in [-0.4, -0.2) is 11.2 Å². The zero-order valence-corrected chi connectivity index (χ0v) is 15.8. The van der Waals surface area contributed by atoms with Gasteiger partial charge >= 0.3 is 0 Å². The molecule has 0 atom stereocenters. The molecule has 0 bridgehead atoms. The Labute approximate surface area is 153 Å². The molecule has 24 heavy (non-hydrogen) atoms. The Balaban J connectivity index is 1.72. The number of fused-ring (bicyclic) bond motifs is 2. The molecule has 0 spiro atoms. The molecule has 2 aromatic heterocycles. The quantitative estimate of drug-likeness (QED) is 0.455. The van der Waals surface area contributed by atoms with E-state index >= 15 is 0 Å². The highest BCUT2D eigenvalue weighted by atomic mass is 32.2. The first kappa shape index (κ1) is 15.9. The van der Waals surface area contributed by atoms with Gasteiger partial charge in [-0.3, -0.25) is 0 Å². The van der Waals surface area contributed by atoms with Crippen LogP contribution in [0.25, 0.3) is 10.2 Å². The van der Waals surface area contributed by atoms with Crippen molar-refractivity contribution in [2.24, 2.45) is 0 Å². The van der Waals surface area contributed by atoms with Gasteiger partial charge in [0.2, 0.25) is 0 Å². The third-order valence-corrected chi connectivity index (χ3v) is 7.27. The van der Waals surface area contributed by atoms with Gasteiger partial charge in [-0.25, -0.2) is 4.98 Å². The molecule has 1 aliphatic carbocycles. The van der Waals surface area contributed by atoms with Gasteiger partial charge in [0, 0.05) is 9.77 Å². The van der Waals surface area contributed by atoms with E-state index in [0.717, 1.165) is 34.1 Å². The molecular weight excluding hydrogens is 354 g/mol. The van der Waals surface area contributed by atoms with E-state index in [2.05, 4.69) is 35.8 Å². The Hall–Kier alpha value is -1.55. The number of nitrogens with one attached hydrogen (secondary N) is 1. The summed E-state index contributed by atoms with van der Waals surface area (Å²) in [5.74, 6) is 0. The fraction of sp³-hybridized carbons (Fsp3) is 0.333. The minimum absolute atomic E-state index is 0.834. The summed E-state index contributed by atoms with van der Waals surface area (Å²) in [6.07, 6.45) is 7.90. The molecule has 0 unspecified atom stereocenters. The molecule has 0 radical (unpaired) electrons. The van der Waals surface area contributed by atoms with E-state index in [1.165, 1.54) is 39.3 Å². The fourth-order valence-electron chi connectivity index (χ4n) is 3.19. The van der Waals surface area contributed by atoms with Crippen LogP contribution in [0.5, 0.6) is 0 Å². The predicted octanol–water partition coefficient (Wildman–Crippen LogP) is 5.96. The third kappa shape index (κ3) is 2.81. The number of hydrogen-bond donors (Lipinski definition) is 1. The first-order valence-electron chi connectivity index (χ1n) is 8.05. The van der Waals surface area contributed by atoms with Gasteiger partial charge in [0.15, 0.2) is 5.13 Å². The van der Waals surface area contributed by atoms with Crippen LogP contribution in [0.3, 0.4) is 0 Å². The number of anilines is 2. The molecule has 0 amide bonds. The number of para-hydroxylation sites is 1. The second kappa shape index (κ2) is 6.75. The highest BCUT2D eigenvalue weighted by molar-refractivity contribution is 7.98. The van der Waals surface area contributed by atoms with Crippen LogP contribution in [0, 0.1) is 11.3 Å². The van der Waals surface area contributed by atoms with Crippen LogP contribution in [0.2, 0.25) is 0 Å². The Morgan fingerprint density at radius 2 is 2.08 bits per heavy atom. The van der Waals surface area contributed by atoms with E-state index in [9.17, 15) is 5.26 Å². The number of thiophene rings is 1. The van der Waals surface area contributed by atoms with Crippen LogP contribution in [-0.2, 0) is 12.8 Å². The molecule has 3 aromatic rings. The summed E-state index contributed by atoms with van der Waals surface area (Å²) >= 11 is 5.11. The van der Waals surface area contributed by atoms with Crippen molar-refractivity contribution < 1.29 is 0 Å². The topological polar surface area (TPSA) is 48.7 Å². The lowest BCUT2D eigenvalue weighted by atomic mass is 10.1. The van der Waals surface area contributed by atoms with Gasteiger partial charge in [-0.2, -0.15) is 5.26 Å². The molecule has 6 heteroatoms. The summed E-state index contributed by atoms with van der Waals surface area (Å²) in [5, 5.41) is 14.9. The second-order valence-corrected chi connectivity index (χ2v) is 8.82. The molecule has 1 aliphatic rings. The SMILES string of the molecule is CSc1cccc2sc(Nc3sc4c(c3C#N)CCCCC4)nc12. The monoisotopic (exact) mass is 371 g/mol. The van der Waals surface area contributed by atoms with Crippen LogP contribution >= 0.6 is 34.4 Å². The zero-order chi connectivity index (χ0) is 16.5.